The highest BCUT2D eigenvalue weighted by atomic mass is 16.5. The van der Waals surface area contributed by atoms with Gasteiger partial charge in [0.1, 0.15) is 40.4 Å². The van der Waals surface area contributed by atoms with Crippen LogP contribution >= 0.6 is 0 Å². The first-order valence-corrected chi connectivity index (χ1v) is 21.1. The van der Waals surface area contributed by atoms with Gasteiger partial charge in [-0.3, -0.25) is 38.8 Å². The van der Waals surface area contributed by atoms with Gasteiger partial charge in [0.2, 0.25) is 5.95 Å². The Kier molecular flexibility index (Phi) is 12.5. The molecule has 1 unspecified atom stereocenters. The van der Waals surface area contributed by atoms with Crippen molar-refractivity contribution >= 4 is 52.4 Å². The number of imidazole rings is 1. The third-order valence-electron chi connectivity index (χ3n) is 10.7. The zero-order valence-corrected chi connectivity index (χ0v) is 35.7. The molecule has 3 amide bonds. The molecule has 2 aliphatic rings. The molecule has 0 radical (unpaired) electrons. The van der Waals surface area contributed by atoms with Gasteiger partial charge in [0.25, 0.3) is 17.7 Å². The molecule has 4 aromatic heterocycles. The fourth-order valence-electron chi connectivity index (χ4n) is 7.84. The van der Waals surface area contributed by atoms with Crippen molar-refractivity contribution in [1.82, 2.24) is 44.7 Å². The summed E-state index contributed by atoms with van der Waals surface area (Å²) in [5, 5.41) is 21.5. The van der Waals surface area contributed by atoms with Crippen LogP contribution < -0.4 is 35.6 Å². The summed E-state index contributed by atoms with van der Waals surface area (Å²) in [5.41, 5.74) is 6.24. The van der Waals surface area contributed by atoms with Crippen LogP contribution in [0.25, 0.3) is 11.0 Å². The largest absolute Gasteiger partial charge is 0.491 e. The van der Waals surface area contributed by atoms with Crippen molar-refractivity contribution in [2.24, 2.45) is 0 Å². The molecule has 2 aromatic carbocycles. The van der Waals surface area contributed by atoms with Crippen LogP contribution in [0.2, 0.25) is 0 Å². The summed E-state index contributed by atoms with van der Waals surface area (Å²) in [6.07, 6.45) is 7.45. The molecule has 63 heavy (non-hydrogen) atoms. The summed E-state index contributed by atoms with van der Waals surface area (Å²) in [6, 6.07) is 16.0. The van der Waals surface area contributed by atoms with E-state index in [0.717, 1.165) is 24.1 Å². The van der Waals surface area contributed by atoms with Crippen molar-refractivity contribution < 1.29 is 28.7 Å². The minimum absolute atomic E-state index is 0.207. The molecule has 0 fully saturated rings. The Labute approximate surface area is 363 Å². The first-order chi connectivity index (χ1) is 30.6. The Bertz CT molecular complexity index is 2700. The van der Waals surface area contributed by atoms with E-state index in [1.165, 1.54) is 0 Å². The molecule has 4 N–H and O–H groups in total. The highest BCUT2D eigenvalue weighted by Gasteiger charge is 2.34. The van der Waals surface area contributed by atoms with E-state index >= 15 is 0 Å². The summed E-state index contributed by atoms with van der Waals surface area (Å²) < 4.78 is 17.9. The van der Waals surface area contributed by atoms with Gasteiger partial charge >= 0.3 is 0 Å². The number of hydrogen-bond donors (Lipinski definition) is 4. The van der Waals surface area contributed by atoms with Crippen LogP contribution in [0.5, 0.6) is 11.5 Å². The molecule has 0 bridgehead atoms. The first-order valence-electron chi connectivity index (χ1n) is 21.1. The Hall–Kier alpha value is -7.50. The molecular weight excluding hydrogens is 805 g/mol. The molecular formula is C45H50N12O6. The molecule has 2 aliphatic heterocycles. The van der Waals surface area contributed by atoms with E-state index in [1.54, 1.807) is 52.0 Å². The van der Waals surface area contributed by atoms with Crippen LogP contribution in [0.4, 0.5) is 17.3 Å². The lowest BCUT2D eigenvalue weighted by atomic mass is 10.1. The van der Waals surface area contributed by atoms with Crippen molar-refractivity contribution in [3.63, 3.8) is 0 Å². The maximum absolute atomic E-state index is 13.9. The van der Waals surface area contributed by atoms with Crippen LogP contribution in [-0.2, 0) is 26.1 Å². The Morgan fingerprint density at radius 1 is 0.873 bits per heavy atom. The normalized spacial score (nSPS) is 15.2. The molecule has 0 saturated carbocycles. The topological polar surface area (TPSA) is 204 Å². The number of amides is 3. The van der Waals surface area contributed by atoms with Gasteiger partial charge in [-0.15, -0.1) is 0 Å². The summed E-state index contributed by atoms with van der Waals surface area (Å²) in [7, 11) is 0. The molecule has 0 aliphatic carbocycles. The zero-order valence-electron chi connectivity index (χ0n) is 35.7. The third kappa shape index (κ3) is 9.10. The van der Waals surface area contributed by atoms with E-state index in [4.69, 9.17) is 14.5 Å². The second kappa shape index (κ2) is 18.6. The molecule has 8 rings (SSSR count). The molecule has 18 heteroatoms. The van der Waals surface area contributed by atoms with Gasteiger partial charge in [0.05, 0.1) is 35.8 Å². The summed E-state index contributed by atoms with van der Waals surface area (Å²) in [6.45, 7) is 9.90. The predicted molar refractivity (Wildman–Crippen MR) is 237 cm³/mol. The van der Waals surface area contributed by atoms with Gasteiger partial charge in [-0.2, -0.15) is 10.2 Å². The van der Waals surface area contributed by atoms with Crippen LogP contribution in [0.3, 0.4) is 0 Å². The third-order valence-corrected chi connectivity index (χ3v) is 10.7. The maximum Gasteiger partial charge on any atom is 0.276 e. The van der Waals surface area contributed by atoms with E-state index in [2.05, 4.69) is 36.4 Å². The number of aldehydes is 1. The number of rotatable bonds is 12. The fourth-order valence-corrected chi connectivity index (χ4v) is 7.84. The van der Waals surface area contributed by atoms with Gasteiger partial charge in [-0.05, 0) is 89.1 Å². The highest BCUT2D eigenvalue weighted by molar-refractivity contribution is 6.04. The maximum atomic E-state index is 13.9. The average molecular weight is 855 g/mol. The minimum Gasteiger partial charge on any atom is -0.491 e. The Balaban J connectivity index is 1.12. The van der Waals surface area contributed by atoms with Crippen molar-refractivity contribution in [3.8, 4) is 11.5 Å². The lowest BCUT2D eigenvalue weighted by Gasteiger charge is -2.27. The quantitative estimate of drug-likeness (QED) is 0.0707. The van der Waals surface area contributed by atoms with Crippen molar-refractivity contribution in [1.29, 1.82) is 0 Å². The van der Waals surface area contributed by atoms with E-state index in [9.17, 15) is 19.2 Å². The number of nitrogens with zero attached hydrogens (tertiary/aromatic N) is 8. The Morgan fingerprint density at radius 3 is 2.32 bits per heavy atom. The Morgan fingerprint density at radius 2 is 1.60 bits per heavy atom. The number of nitrogens with one attached hydrogen (secondary N) is 4. The number of ether oxygens (including phenoxy) is 2. The van der Waals surface area contributed by atoms with E-state index < -0.39 is 6.29 Å². The van der Waals surface area contributed by atoms with Crippen LogP contribution in [0, 0.1) is 13.8 Å². The lowest BCUT2D eigenvalue weighted by Crippen LogP contribution is -2.50. The molecule has 6 aromatic rings. The van der Waals surface area contributed by atoms with Gasteiger partial charge in [0, 0.05) is 62.2 Å². The van der Waals surface area contributed by atoms with Crippen LogP contribution in [0.15, 0.2) is 72.9 Å². The van der Waals surface area contributed by atoms with Gasteiger partial charge < -0.3 is 34.9 Å². The number of aromatic nitrogens is 7. The monoisotopic (exact) mass is 854 g/mol. The van der Waals surface area contributed by atoms with Crippen LogP contribution in [0.1, 0.15) is 85.5 Å². The van der Waals surface area contributed by atoms with Gasteiger partial charge in [-0.25, -0.2) is 4.98 Å². The predicted octanol–water partition coefficient (Wildman–Crippen LogP) is 5.27. The van der Waals surface area contributed by atoms with Crippen molar-refractivity contribution in [2.75, 3.05) is 41.8 Å². The number of aryl methyl sites for hydroxylation is 5. The molecule has 0 spiro atoms. The second-order valence-corrected chi connectivity index (χ2v) is 15.2. The number of hydrogen-bond acceptors (Lipinski definition) is 12. The molecule has 326 valence electrons. The lowest BCUT2D eigenvalue weighted by molar-refractivity contribution is 0.0927. The number of pyridine rings is 1. The average Bonchev–Trinajstić information content (AvgIpc) is 4.05. The number of anilines is 3. The fraction of sp³-hybridized carbons (Fsp3) is 0.333. The van der Waals surface area contributed by atoms with E-state index in [0.29, 0.717) is 94.6 Å². The van der Waals surface area contributed by atoms with Crippen LogP contribution in [-0.4, -0.2) is 90.7 Å². The smallest absolute Gasteiger partial charge is 0.276 e. The minimum atomic E-state index is -0.750. The summed E-state index contributed by atoms with van der Waals surface area (Å²) >= 11 is 0. The summed E-state index contributed by atoms with van der Waals surface area (Å²) in [4.78, 5) is 64.5. The zero-order chi connectivity index (χ0) is 44.0. The number of allylic oxidation sites excluding steroid dienone is 1. The summed E-state index contributed by atoms with van der Waals surface area (Å²) in [5.74, 6) is 0.129. The van der Waals surface area contributed by atoms with E-state index in [-0.39, 0.29) is 50.0 Å². The molecule has 0 saturated heterocycles. The number of benzene rings is 2. The van der Waals surface area contributed by atoms with E-state index in [1.807, 2.05) is 67.5 Å². The standard InChI is InChI=1S/C45H50N12O6/c1-5-56-35(21-28(3)52-56)42(60)50-44-48-33-23-30(27-58)24-37-39(33)54(44)17-9-10-18-55-40-34(49-45(55)51-43(61)36-22-29(4)53-57(36)6-2)25-31(26-38(40)63-20-12-19-62-37)41(59)47-16-11-14-32-13-7-8-15-46-32/h7-10,13,15,21-27,45,49H,5-6,11-12,14,16-20H2,1-4H3,(H,47,59)(H,51,61)(H,48,50,60)/b10-9+. The first kappa shape index (κ1) is 42.2. The van der Waals surface area contributed by atoms with Gasteiger partial charge in [-0.1, -0.05) is 18.2 Å². The molecule has 1 atom stereocenters. The SMILES string of the molecule is CCn1nc(C)cc1C(=O)Nc1nc2cc(C=O)cc3c2n1C/C=C/CN1c2c(cc(C(=O)NCCCc4ccccn4)cc2OCCCO3)NC1NC(=O)c1cc(C)nn1CC. The van der Waals surface area contributed by atoms with Gasteiger partial charge in [0.15, 0.2) is 6.29 Å². The second-order valence-electron chi connectivity index (χ2n) is 15.2. The molecule has 18 nitrogen and oxygen atoms in total. The molecule has 6 heterocycles. The van der Waals surface area contributed by atoms with Crippen molar-refractivity contribution in [3.05, 3.63) is 113 Å². The van der Waals surface area contributed by atoms with Crippen molar-refractivity contribution in [2.45, 2.75) is 72.9 Å². The highest BCUT2D eigenvalue weighted by Crippen LogP contribution is 2.43. The number of carbonyl (C=O) groups excluding carboxylic acids is 4. The number of carbonyl (C=O) groups is 4.